The minimum atomic E-state index is -1.38. The second-order valence-electron chi connectivity index (χ2n) is 1.49. The number of Topliss-reactive ketones (excluding diaryl/α,β-unsaturated/α-hetero) is 1. The predicted octanol–water partition coefficient (Wildman–Crippen LogP) is -0.548. The number of carbonyl (C=O) groups excluding carboxylic acids is 1. The van der Waals surface area contributed by atoms with Crippen LogP contribution in [0.3, 0.4) is 0 Å². The van der Waals surface area contributed by atoms with Gasteiger partial charge in [-0.15, -0.1) is 0 Å². The molecule has 0 atom stereocenters. The third-order valence-corrected chi connectivity index (χ3v) is 0.301. The van der Waals surface area contributed by atoms with Crippen molar-refractivity contribution >= 4 is 24.2 Å². The maximum absolute atomic E-state index is 9.54. The van der Waals surface area contributed by atoms with Gasteiger partial charge in [-0.2, -0.15) is 0 Å². The zero-order valence-electron chi connectivity index (χ0n) is 7.05. The first-order chi connectivity index (χ1) is 5.79. The van der Waals surface area contributed by atoms with Crippen molar-refractivity contribution in [3.8, 4) is 0 Å². The highest BCUT2D eigenvalue weighted by Gasteiger charge is 1.98. The van der Waals surface area contributed by atoms with Gasteiger partial charge in [-0.1, -0.05) is 0 Å². The molecule has 3 N–H and O–H groups in total. The van der Waals surface area contributed by atoms with Crippen LogP contribution in [0.1, 0.15) is 13.8 Å². The van der Waals surface area contributed by atoms with Gasteiger partial charge in [0.05, 0.1) is 0 Å². The van der Waals surface area contributed by atoms with E-state index in [1.54, 1.807) is 0 Å². The predicted molar refractivity (Wildman–Crippen MR) is 40.3 cm³/mol. The molecule has 0 spiro atoms. The zero-order valence-corrected chi connectivity index (χ0v) is 7.05. The van der Waals surface area contributed by atoms with E-state index < -0.39 is 17.7 Å². The summed E-state index contributed by atoms with van der Waals surface area (Å²) >= 11 is 0. The van der Waals surface area contributed by atoms with Gasteiger partial charge >= 0.3 is 5.97 Å². The number of rotatable bonds is 1. The average molecular weight is 194 g/mol. The number of carboxylic acid groups (broad SMARTS) is 3. The Morgan fingerprint density at radius 1 is 1.08 bits per heavy atom. The van der Waals surface area contributed by atoms with E-state index in [1.165, 1.54) is 0 Å². The third-order valence-electron chi connectivity index (χ3n) is 0.301. The Bertz CT molecular complexity index is 167. The summed E-state index contributed by atoms with van der Waals surface area (Å²) in [6.45, 7) is 1.84. The average Bonchev–Trinajstić information content (AvgIpc) is 1.87. The van der Waals surface area contributed by atoms with Crippen LogP contribution in [0.4, 0.5) is 0 Å². The number of carbonyl (C=O) groups is 4. The van der Waals surface area contributed by atoms with Crippen molar-refractivity contribution < 1.29 is 34.5 Å². The lowest BCUT2D eigenvalue weighted by molar-refractivity contribution is -0.148. The van der Waals surface area contributed by atoms with E-state index in [4.69, 9.17) is 24.9 Å². The highest BCUT2D eigenvalue weighted by molar-refractivity contribution is 6.31. The molecule has 0 saturated heterocycles. The number of ketones is 1. The highest BCUT2D eigenvalue weighted by Crippen LogP contribution is 1.61. The van der Waals surface area contributed by atoms with Crippen LogP contribution < -0.4 is 0 Å². The van der Waals surface area contributed by atoms with Crippen LogP contribution in [0.15, 0.2) is 0 Å². The molecule has 0 radical (unpaired) electrons. The Labute approximate surface area is 73.6 Å². The molecule has 0 aliphatic rings. The van der Waals surface area contributed by atoms with Crippen molar-refractivity contribution in [2.45, 2.75) is 13.8 Å². The Morgan fingerprint density at radius 2 is 1.15 bits per heavy atom. The molecule has 0 amide bonds. The van der Waals surface area contributed by atoms with Crippen molar-refractivity contribution in [2.24, 2.45) is 0 Å². The molecule has 13 heavy (non-hydrogen) atoms. The van der Waals surface area contributed by atoms with Crippen LogP contribution in [0.5, 0.6) is 0 Å². The Kier molecular flexibility index (Phi) is 16.9. The summed E-state index contributed by atoms with van der Waals surface area (Å²) in [5, 5.41) is 21.9. The lowest BCUT2D eigenvalue weighted by Gasteiger charge is -1.73. The molecule has 0 aromatic carbocycles. The zero-order chi connectivity index (χ0) is 11.4. The smallest absolute Gasteiger partial charge is 0.371 e. The molecule has 0 fully saturated rings. The minimum absolute atomic E-state index is 0.250. The van der Waals surface area contributed by atoms with Gasteiger partial charge in [0, 0.05) is 13.8 Å². The summed E-state index contributed by atoms with van der Waals surface area (Å²) in [6.07, 6.45) is 0. The van der Waals surface area contributed by atoms with Crippen LogP contribution >= 0.6 is 0 Å². The lowest BCUT2D eigenvalue weighted by atomic mass is 10.5. The monoisotopic (exact) mass is 194 g/mol. The summed E-state index contributed by atoms with van der Waals surface area (Å²) in [5.41, 5.74) is 0. The van der Waals surface area contributed by atoms with E-state index in [0.717, 1.165) is 13.8 Å². The maximum Gasteiger partial charge on any atom is 0.371 e. The van der Waals surface area contributed by atoms with Crippen LogP contribution in [0.2, 0.25) is 0 Å². The topological polar surface area (TPSA) is 129 Å². The van der Waals surface area contributed by atoms with Gasteiger partial charge in [0.2, 0.25) is 5.78 Å². The second-order valence-corrected chi connectivity index (χ2v) is 1.49. The number of aliphatic carboxylic acids is 2. The van der Waals surface area contributed by atoms with Gasteiger partial charge in [-0.05, 0) is 0 Å². The summed E-state index contributed by atoms with van der Waals surface area (Å²) in [7, 11) is 0. The molecular formula is C6H10O7. The normalized spacial score (nSPS) is 6.31. The van der Waals surface area contributed by atoms with Gasteiger partial charge in [-0.3, -0.25) is 14.4 Å². The van der Waals surface area contributed by atoms with Crippen LogP contribution in [0, 0.1) is 0 Å². The van der Waals surface area contributed by atoms with E-state index in [9.17, 15) is 9.59 Å². The molecule has 7 nitrogen and oxygen atoms in total. The quantitative estimate of drug-likeness (QED) is 0.377. The molecule has 0 rings (SSSR count). The Balaban J connectivity index is -0.000000125. The largest absolute Gasteiger partial charge is 0.483 e. The van der Waals surface area contributed by atoms with Crippen molar-refractivity contribution in [2.75, 3.05) is 0 Å². The molecule has 0 aromatic rings. The van der Waals surface area contributed by atoms with Gasteiger partial charge < -0.3 is 15.3 Å². The van der Waals surface area contributed by atoms with Gasteiger partial charge in [-0.25, -0.2) is 4.79 Å². The van der Waals surface area contributed by atoms with E-state index in [0.29, 0.717) is 0 Å². The fraction of sp³-hybridized carbons (Fsp3) is 0.333. The van der Waals surface area contributed by atoms with Crippen molar-refractivity contribution in [1.29, 1.82) is 0 Å². The van der Waals surface area contributed by atoms with Crippen molar-refractivity contribution in [3.63, 3.8) is 0 Å². The molecule has 0 saturated carbocycles. The summed E-state index contributed by atoms with van der Waals surface area (Å²) in [5.74, 6) is -3.04. The number of hydrogen-bond donors (Lipinski definition) is 3. The first-order valence-electron chi connectivity index (χ1n) is 2.80. The highest BCUT2D eigenvalue weighted by atomic mass is 16.4. The SMILES string of the molecule is CC(=O)C(=O)O.CC(=O)O.O=CO. The number of carboxylic acids is 2. The van der Waals surface area contributed by atoms with Gasteiger partial charge in [0.15, 0.2) is 0 Å². The van der Waals surface area contributed by atoms with Crippen LogP contribution in [-0.2, 0) is 19.2 Å². The summed E-state index contributed by atoms with van der Waals surface area (Å²) in [4.78, 5) is 36.3. The van der Waals surface area contributed by atoms with E-state index in [2.05, 4.69) is 0 Å². The molecule has 0 aliphatic carbocycles. The van der Waals surface area contributed by atoms with Crippen LogP contribution in [0.25, 0.3) is 0 Å². The van der Waals surface area contributed by atoms with Crippen molar-refractivity contribution in [1.82, 2.24) is 0 Å². The fourth-order valence-corrected chi connectivity index (χ4v) is 0. The molecule has 0 aliphatic heterocycles. The van der Waals surface area contributed by atoms with E-state index in [-0.39, 0.29) is 6.47 Å². The lowest BCUT2D eigenvalue weighted by Crippen LogP contribution is -2.05. The van der Waals surface area contributed by atoms with E-state index in [1.807, 2.05) is 0 Å². The molecule has 76 valence electrons. The Hall–Kier alpha value is -1.92. The van der Waals surface area contributed by atoms with Crippen molar-refractivity contribution in [3.05, 3.63) is 0 Å². The van der Waals surface area contributed by atoms with E-state index >= 15 is 0 Å². The second kappa shape index (κ2) is 12.7. The van der Waals surface area contributed by atoms with Gasteiger partial charge in [0.25, 0.3) is 12.4 Å². The molecule has 0 unspecified atom stereocenters. The molecule has 0 heterocycles. The fourth-order valence-electron chi connectivity index (χ4n) is 0. The molecule has 0 aromatic heterocycles. The van der Waals surface area contributed by atoms with Crippen LogP contribution in [-0.4, -0.2) is 39.5 Å². The minimum Gasteiger partial charge on any atom is -0.483 e. The Morgan fingerprint density at radius 3 is 1.15 bits per heavy atom. The summed E-state index contributed by atoms with van der Waals surface area (Å²) in [6, 6.07) is 0. The molecule has 0 bridgehead atoms. The first-order valence-corrected chi connectivity index (χ1v) is 2.80. The standard InChI is InChI=1S/C3H4O3.C2H4O2.CH2O2/c1-2(4)3(5)6;1-2(3)4;2-1-3/h1H3,(H,5,6);1H3,(H,3,4);1H,(H,2,3). The molecular weight excluding hydrogens is 184 g/mol. The summed E-state index contributed by atoms with van der Waals surface area (Å²) < 4.78 is 0. The first kappa shape index (κ1) is 17.2. The molecule has 7 heteroatoms. The van der Waals surface area contributed by atoms with Gasteiger partial charge in [0.1, 0.15) is 0 Å². The third kappa shape index (κ3) is 152. The number of hydrogen-bond acceptors (Lipinski definition) is 4. The maximum atomic E-state index is 9.54.